The van der Waals surface area contributed by atoms with Crippen LogP contribution in [0.4, 0.5) is 20.3 Å². The van der Waals surface area contributed by atoms with Gasteiger partial charge in [0.25, 0.3) is 17.5 Å². The molecule has 0 unspecified atom stereocenters. The van der Waals surface area contributed by atoms with Crippen LogP contribution in [0.15, 0.2) is 46.5 Å². The predicted octanol–water partition coefficient (Wildman–Crippen LogP) is 1.95. The molecule has 1 saturated heterocycles. The third kappa shape index (κ3) is 4.09. The van der Waals surface area contributed by atoms with Crippen LogP contribution in [0.2, 0.25) is 0 Å². The summed E-state index contributed by atoms with van der Waals surface area (Å²) in [5.74, 6) is 1.10. The van der Waals surface area contributed by atoms with Crippen LogP contribution < -0.4 is 20.9 Å². The van der Waals surface area contributed by atoms with Crippen molar-refractivity contribution < 1.29 is 8.78 Å². The van der Waals surface area contributed by atoms with E-state index in [1.54, 1.807) is 23.0 Å². The van der Waals surface area contributed by atoms with Crippen LogP contribution in [-0.4, -0.2) is 51.7 Å². The molecule has 0 N–H and O–H groups in total. The third-order valence-electron chi connectivity index (χ3n) is 6.14. The minimum atomic E-state index is -2.61. The first-order valence-corrected chi connectivity index (χ1v) is 10.8. The Morgan fingerprint density at radius 1 is 0.969 bits per heavy atom. The second-order valence-electron chi connectivity index (χ2n) is 8.42. The summed E-state index contributed by atoms with van der Waals surface area (Å²) in [5, 5.41) is 0.320. The number of anilines is 2. The number of nitrogens with zero attached hydrogens (tertiary/aromatic N) is 6. The van der Waals surface area contributed by atoms with Crippen LogP contribution >= 0.6 is 0 Å². The second-order valence-corrected chi connectivity index (χ2v) is 8.42. The molecule has 10 heteroatoms. The molecular formula is C22H24F2N6O2. The highest BCUT2D eigenvalue weighted by atomic mass is 19.3. The molecule has 1 aliphatic heterocycles. The largest absolute Gasteiger partial charge is 0.368 e. The van der Waals surface area contributed by atoms with E-state index in [0.717, 1.165) is 16.8 Å². The van der Waals surface area contributed by atoms with Gasteiger partial charge in [0.05, 0.1) is 23.8 Å². The van der Waals surface area contributed by atoms with Gasteiger partial charge in [0.1, 0.15) is 0 Å². The van der Waals surface area contributed by atoms with Crippen molar-refractivity contribution in [3.8, 4) is 0 Å². The highest BCUT2D eigenvalue weighted by Gasteiger charge is 2.25. The van der Waals surface area contributed by atoms with E-state index < -0.39 is 18.5 Å². The van der Waals surface area contributed by atoms with Crippen molar-refractivity contribution in [1.82, 2.24) is 19.1 Å². The zero-order valence-corrected chi connectivity index (χ0v) is 17.5. The van der Waals surface area contributed by atoms with Crippen LogP contribution in [0.1, 0.15) is 12.8 Å². The molecule has 0 radical (unpaired) electrons. The maximum atomic E-state index is 12.8. The van der Waals surface area contributed by atoms with Gasteiger partial charge in [-0.1, -0.05) is 0 Å². The SMILES string of the molecule is O=c1c(N2CCN(c3ccc4c(=O)n(CC(F)F)cnc4c3)CC2)nccn1CC1CC1. The summed E-state index contributed by atoms with van der Waals surface area (Å²) in [5.41, 5.74) is 0.878. The molecule has 1 aliphatic carbocycles. The van der Waals surface area contributed by atoms with Crippen LogP contribution in [0, 0.1) is 5.92 Å². The fourth-order valence-corrected chi connectivity index (χ4v) is 4.17. The van der Waals surface area contributed by atoms with Gasteiger partial charge in [0.2, 0.25) is 0 Å². The van der Waals surface area contributed by atoms with Gasteiger partial charge >= 0.3 is 0 Å². The van der Waals surface area contributed by atoms with Gasteiger partial charge in [-0.25, -0.2) is 18.7 Å². The van der Waals surface area contributed by atoms with E-state index in [9.17, 15) is 18.4 Å². The van der Waals surface area contributed by atoms with Crippen molar-refractivity contribution in [2.24, 2.45) is 5.92 Å². The average molecular weight is 442 g/mol. The lowest BCUT2D eigenvalue weighted by Gasteiger charge is -2.36. The number of aromatic nitrogens is 4. The number of alkyl halides is 2. The van der Waals surface area contributed by atoms with Gasteiger partial charge in [-0.05, 0) is 37.0 Å². The van der Waals surface area contributed by atoms with E-state index in [1.165, 1.54) is 19.2 Å². The van der Waals surface area contributed by atoms with Crippen LogP contribution in [-0.2, 0) is 13.1 Å². The molecule has 32 heavy (non-hydrogen) atoms. The number of hydrogen-bond donors (Lipinski definition) is 0. The fraction of sp³-hybridized carbons (Fsp3) is 0.455. The number of hydrogen-bond acceptors (Lipinski definition) is 6. The van der Waals surface area contributed by atoms with Gasteiger partial charge in [-0.2, -0.15) is 0 Å². The Morgan fingerprint density at radius 2 is 1.72 bits per heavy atom. The van der Waals surface area contributed by atoms with Gasteiger partial charge in [0.15, 0.2) is 5.82 Å². The standard InChI is InChI=1S/C22H24F2N6O2/c23-19(24)13-30-14-26-18-11-16(3-4-17(18)21(30)31)27-7-9-28(10-8-27)20-22(32)29(6-5-25-20)12-15-1-2-15/h3-6,11,14-15,19H,1-2,7-10,12-13H2. The Hall–Kier alpha value is -3.30. The maximum Gasteiger partial charge on any atom is 0.293 e. The quantitative estimate of drug-likeness (QED) is 0.581. The molecule has 0 amide bonds. The molecule has 2 fully saturated rings. The number of rotatable bonds is 6. The Balaban J connectivity index is 1.31. The number of halogens is 2. The summed E-state index contributed by atoms with van der Waals surface area (Å²) < 4.78 is 28.0. The molecule has 2 aliphatic rings. The lowest BCUT2D eigenvalue weighted by molar-refractivity contribution is 0.125. The van der Waals surface area contributed by atoms with E-state index in [2.05, 4.69) is 14.9 Å². The number of benzene rings is 1. The summed E-state index contributed by atoms with van der Waals surface area (Å²) in [6.07, 6.45) is 4.39. The average Bonchev–Trinajstić information content (AvgIpc) is 3.61. The summed E-state index contributed by atoms with van der Waals surface area (Å²) in [6.45, 7) is 2.77. The topological polar surface area (TPSA) is 76.3 Å². The van der Waals surface area contributed by atoms with Crippen molar-refractivity contribution in [2.75, 3.05) is 36.0 Å². The third-order valence-corrected chi connectivity index (χ3v) is 6.14. The number of fused-ring (bicyclic) bond motifs is 1. The predicted molar refractivity (Wildman–Crippen MR) is 118 cm³/mol. The van der Waals surface area contributed by atoms with E-state index in [1.807, 2.05) is 17.0 Å². The Morgan fingerprint density at radius 3 is 2.44 bits per heavy atom. The Kier molecular flexibility index (Phi) is 5.36. The fourth-order valence-electron chi connectivity index (χ4n) is 4.17. The molecule has 2 aromatic heterocycles. The molecule has 1 saturated carbocycles. The first-order chi connectivity index (χ1) is 15.5. The zero-order valence-electron chi connectivity index (χ0n) is 17.5. The summed E-state index contributed by atoms with van der Waals surface area (Å²) in [6, 6.07) is 5.27. The summed E-state index contributed by atoms with van der Waals surface area (Å²) in [7, 11) is 0. The molecule has 8 nitrogen and oxygen atoms in total. The van der Waals surface area contributed by atoms with Crippen molar-refractivity contribution in [2.45, 2.75) is 32.4 Å². The Labute approximate surface area is 182 Å². The summed E-state index contributed by atoms with van der Waals surface area (Å²) >= 11 is 0. The van der Waals surface area contributed by atoms with Gasteiger partial charge in [0, 0.05) is 50.8 Å². The van der Waals surface area contributed by atoms with E-state index in [-0.39, 0.29) is 5.56 Å². The molecule has 0 bridgehead atoms. The molecule has 168 valence electrons. The van der Waals surface area contributed by atoms with Crippen LogP contribution in [0.25, 0.3) is 10.9 Å². The second kappa shape index (κ2) is 8.33. The number of piperazine rings is 1. The van der Waals surface area contributed by atoms with Crippen molar-refractivity contribution in [1.29, 1.82) is 0 Å². The highest BCUT2D eigenvalue weighted by molar-refractivity contribution is 5.81. The zero-order chi connectivity index (χ0) is 22.2. The molecule has 0 spiro atoms. The molecular weight excluding hydrogens is 418 g/mol. The van der Waals surface area contributed by atoms with E-state index in [0.29, 0.717) is 48.8 Å². The van der Waals surface area contributed by atoms with Crippen molar-refractivity contribution >= 4 is 22.4 Å². The van der Waals surface area contributed by atoms with Gasteiger partial charge < -0.3 is 14.4 Å². The van der Waals surface area contributed by atoms with Crippen molar-refractivity contribution in [3.63, 3.8) is 0 Å². The van der Waals surface area contributed by atoms with E-state index >= 15 is 0 Å². The van der Waals surface area contributed by atoms with Crippen LogP contribution in [0.5, 0.6) is 0 Å². The van der Waals surface area contributed by atoms with Gasteiger partial charge in [-0.15, -0.1) is 0 Å². The first-order valence-electron chi connectivity index (χ1n) is 10.8. The normalized spacial score (nSPS) is 16.8. The summed E-state index contributed by atoms with van der Waals surface area (Å²) in [4.78, 5) is 37.9. The molecule has 0 atom stereocenters. The maximum absolute atomic E-state index is 12.8. The highest BCUT2D eigenvalue weighted by Crippen LogP contribution is 2.30. The lowest BCUT2D eigenvalue weighted by Crippen LogP contribution is -2.48. The monoisotopic (exact) mass is 442 g/mol. The molecule has 5 rings (SSSR count). The molecule has 3 heterocycles. The lowest BCUT2D eigenvalue weighted by atomic mass is 10.2. The molecule has 3 aromatic rings. The first kappa shape index (κ1) is 20.6. The van der Waals surface area contributed by atoms with Crippen LogP contribution in [0.3, 0.4) is 0 Å². The smallest absolute Gasteiger partial charge is 0.293 e. The van der Waals surface area contributed by atoms with Crippen molar-refractivity contribution in [3.05, 3.63) is 57.6 Å². The molecule has 1 aromatic carbocycles. The van der Waals surface area contributed by atoms with E-state index in [4.69, 9.17) is 0 Å². The minimum Gasteiger partial charge on any atom is -0.368 e. The van der Waals surface area contributed by atoms with Gasteiger partial charge in [-0.3, -0.25) is 14.2 Å². The Bertz CT molecular complexity index is 1250. The minimum absolute atomic E-state index is 0.0390.